The van der Waals surface area contributed by atoms with Gasteiger partial charge in [-0.25, -0.2) is 4.79 Å². The molecule has 2 aromatic carbocycles. The number of halogens is 2. The molecule has 0 fully saturated rings. The molecule has 0 radical (unpaired) electrons. The van der Waals surface area contributed by atoms with E-state index in [0.717, 1.165) is 0 Å². The second kappa shape index (κ2) is 8.80. The number of amides is 1. The Bertz CT molecular complexity index is 764. The van der Waals surface area contributed by atoms with E-state index in [1.807, 2.05) is 0 Å². The van der Waals surface area contributed by atoms with Gasteiger partial charge in [-0.15, -0.1) is 0 Å². The van der Waals surface area contributed by atoms with Crippen LogP contribution in [0.15, 0.2) is 48.5 Å². The molecule has 0 spiro atoms. The minimum atomic E-state index is -3.08. The predicted molar refractivity (Wildman–Crippen MR) is 89.6 cm³/mol. The van der Waals surface area contributed by atoms with E-state index in [2.05, 4.69) is 10.1 Å². The third kappa shape index (κ3) is 5.17. The van der Waals surface area contributed by atoms with E-state index in [4.69, 9.17) is 9.47 Å². The van der Waals surface area contributed by atoms with E-state index in [1.54, 1.807) is 24.3 Å². The van der Waals surface area contributed by atoms with Crippen molar-refractivity contribution < 1.29 is 32.6 Å². The van der Waals surface area contributed by atoms with Crippen molar-refractivity contribution in [2.45, 2.75) is 19.6 Å². The first-order valence-electron chi connectivity index (χ1n) is 7.60. The molecule has 2 rings (SSSR count). The second-order valence-corrected chi connectivity index (χ2v) is 5.14. The van der Waals surface area contributed by atoms with Crippen molar-refractivity contribution in [2.75, 3.05) is 12.4 Å². The fourth-order valence-corrected chi connectivity index (χ4v) is 2.03. The maximum atomic E-state index is 12.4. The van der Waals surface area contributed by atoms with Crippen LogP contribution in [0.5, 0.6) is 11.5 Å². The summed E-state index contributed by atoms with van der Waals surface area (Å²) in [6.07, 6.45) is -1.15. The molecule has 0 bridgehead atoms. The van der Waals surface area contributed by atoms with Crippen LogP contribution in [0.1, 0.15) is 17.3 Å². The molecule has 8 heteroatoms. The summed E-state index contributed by atoms with van der Waals surface area (Å²) in [6, 6.07) is 12.0. The van der Waals surface area contributed by atoms with Gasteiger partial charge in [0.2, 0.25) is 0 Å². The van der Waals surface area contributed by atoms with Gasteiger partial charge in [-0.3, -0.25) is 4.79 Å². The van der Waals surface area contributed by atoms with Crippen LogP contribution in [-0.4, -0.2) is 31.7 Å². The molecule has 0 aliphatic rings. The molecule has 138 valence electrons. The van der Waals surface area contributed by atoms with Gasteiger partial charge in [0.05, 0.1) is 7.11 Å². The minimum Gasteiger partial charge on any atom is -0.497 e. The van der Waals surface area contributed by atoms with E-state index in [1.165, 1.54) is 38.3 Å². The molecule has 0 saturated carbocycles. The standard InChI is InChI=1S/C18H17F2NO5/c1-11(16(22)21-12-7-9-13(24-2)10-8-12)25-17(23)14-5-3-4-6-15(14)26-18(19)20/h3-11,18H,1-2H3,(H,21,22)/t11-/m1/s1. The fourth-order valence-electron chi connectivity index (χ4n) is 2.03. The third-order valence-corrected chi connectivity index (χ3v) is 3.33. The van der Waals surface area contributed by atoms with Gasteiger partial charge in [-0.05, 0) is 43.3 Å². The van der Waals surface area contributed by atoms with Gasteiger partial charge in [-0.1, -0.05) is 12.1 Å². The number of anilines is 1. The number of benzene rings is 2. The number of esters is 1. The second-order valence-electron chi connectivity index (χ2n) is 5.14. The SMILES string of the molecule is COc1ccc(NC(=O)[C@@H](C)OC(=O)c2ccccc2OC(F)F)cc1. The molecule has 6 nitrogen and oxygen atoms in total. The minimum absolute atomic E-state index is 0.197. The highest BCUT2D eigenvalue weighted by atomic mass is 19.3. The number of nitrogens with one attached hydrogen (secondary N) is 1. The lowest BCUT2D eigenvalue weighted by Gasteiger charge is -2.15. The lowest BCUT2D eigenvalue weighted by atomic mass is 10.2. The monoisotopic (exact) mass is 365 g/mol. The van der Waals surface area contributed by atoms with Crippen molar-refractivity contribution in [3.8, 4) is 11.5 Å². The number of para-hydroxylation sites is 1. The highest BCUT2D eigenvalue weighted by Crippen LogP contribution is 2.22. The Morgan fingerprint density at radius 2 is 1.69 bits per heavy atom. The van der Waals surface area contributed by atoms with Gasteiger partial charge < -0.3 is 19.5 Å². The lowest BCUT2D eigenvalue weighted by molar-refractivity contribution is -0.123. The smallest absolute Gasteiger partial charge is 0.387 e. The summed E-state index contributed by atoms with van der Waals surface area (Å²) in [6.45, 7) is -1.72. The molecule has 0 saturated heterocycles. The Hall–Kier alpha value is -3.16. The van der Waals surface area contributed by atoms with Crippen molar-refractivity contribution >= 4 is 17.6 Å². The number of carbonyl (C=O) groups is 2. The topological polar surface area (TPSA) is 73.9 Å². The zero-order valence-corrected chi connectivity index (χ0v) is 14.1. The first-order chi connectivity index (χ1) is 12.4. The summed E-state index contributed by atoms with van der Waals surface area (Å²) in [5, 5.41) is 2.57. The normalized spacial score (nSPS) is 11.6. The van der Waals surface area contributed by atoms with Crippen LogP contribution in [0.25, 0.3) is 0 Å². The maximum Gasteiger partial charge on any atom is 0.387 e. The number of ether oxygens (including phenoxy) is 3. The summed E-state index contributed by atoms with van der Waals surface area (Å²) >= 11 is 0. The van der Waals surface area contributed by atoms with Crippen molar-refractivity contribution in [1.29, 1.82) is 0 Å². The number of rotatable bonds is 7. The Morgan fingerprint density at radius 3 is 2.31 bits per heavy atom. The van der Waals surface area contributed by atoms with E-state index in [0.29, 0.717) is 11.4 Å². The van der Waals surface area contributed by atoms with Gasteiger partial charge in [0.15, 0.2) is 6.10 Å². The summed E-state index contributed by atoms with van der Waals surface area (Å²) < 4.78 is 39.1. The van der Waals surface area contributed by atoms with Crippen molar-refractivity contribution in [3.63, 3.8) is 0 Å². The molecule has 1 atom stereocenters. The number of hydrogen-bond donors (Lipinski definition) is 1. The van der Waals surface area contributed by atoms with Crippen LogP contribution in [0.2, 0.25) is 0 Å². The van der Waals surface area contributed by atoms with E-state index in [9.17, 15) is 18.4 Å². The van der Waals surface area contributed by atoms with Gasteiger partial charge in [0.25, 0.3) is 5.91 Å². The van der Waals surface area contributed by atoms with Crippen LogP contribution in [0.3, 0.4) is 0 Å². The van der Waals surface area contributed by atoms with Crippen molar-refractivity contribution in [2.24, 2.45) is 0 Å². The molecule has 0 aliphatic heterocycles. The van der Waals surface area contributed by atoms with E-state index in [-0.39, 0.29) is 11.3 Å². The first kappa shape index (κ1) is 19.2. The van der Waals surface area contributed by atoms with Crippen LogP contribution in [0, 0.1) is 0 Å². The summed E-state index contributed by atoms with van der Waals surface area (Å²) in [7, 11) is 1.52. The lowest BCUT2D eigenvalue weighted by Crippen LogP contribution is -2.30. The maximum absolute atomic E-state index is 12.4. The Balaban J connectivity index is 2.00. The summed E-state index contributed by atoms with van der Waals surface area (Å²) in [5.41, 5.74) is 0.289. The van der Waals surface area contributed by atoms with Gasteiger partial charge in [0.1, 0.15) is 17.1 Å². The molecular weight excluding hydrogens is 348 g/mol. The number of hydrogen-bond acceptors (Lipinski definition) is 5. The highest BCUT2D eigenvalue weighted by molar-refractivity contribution is 5.98. The molecule has 0 heterocycles. The van der Waals surface area contributed by atoms with Crippen LogP contribution in [0.4, 0.5) is 14.5 Å². The predicted octanol–water partition coefficient (Wildman–Crippen LogP) is 3.48. The summed E-state index contributed by atoms with van der Waals surface area (Å²) in [5.74, 6) is -1.22. The molecule has 1 N–H and O–H groups in total. The van der Waals surface area contributed by atoms with Crippen molar-refractivity contribution in [1.82, 2.24) is 0 Å². The molecule has 2 aromatic rings. The molecule has 0 aliphatic carbocycles. The average molecular weight is 365 g/mol. The van der Waals surface area contributed by atoms with Crippen molar-refractivity contribution in [3.05, 3.63) is 54.1 Å². The average Bonchev–Trinajstić information content (AvgIpc) is 2.62. The summed E-state index contributed by atoms with van der Waals surface area (Å²) in [4.78, 5) is 24.3. The van der Waals surface area contributed by atoms with Crippen LogP contribution < -0.4 is 14.8 Å². The number of carbonyl (C=O) groups excluding carboxylic acids is 2. The zero-order chi connectivity index (χ0) is 19.1. The van der Waals surface area contributed by atoms with Gasteiger partial charge in [0, 0.05) is 5.69 Å². The Kier molecular flexibility index (Phi) is 6.48. The zero-order valence-electron chi connectivity index (χ0n) is 14.1. The number of methoxy groups -OCH3 is 1. The Morgan fingerprint density at radius 1 is 1.04 bits per heavy atom. The van der Waals surface area contributed by atoms with Crippen LogP contribution in [-0.2, 0) is 9.53 Å². The fraction of sp³-hybridized carbons (Fsp3) is 0.222. The highest BCUT2D eigenvalue weighted by Gasteiger charge is 2.22. The molecule has 0 aromatic heterocycles. The van der Waals surface area contributed by atoms with Gasteiger partial charge in [-0.2, -0.15) is 8.78 Å². The molecular formula is C18H17F2NO5. The first-order valence-corrected chi connectivity index (χ1v) is 7.60. The largest absolute Gasteiger partial charge is 0.497 e. The Labute approximate surface area is 148 Å². The molecule has 26 heavy (non-hydrogen) atoms. The quantitative estimate of drug-likeness (QED) is 0.761. The van der Waals surface area contributed by atoms with Crippen LogP contribution >= 0.6 is 0 Å². The van der Waals surface area contributed by atoms with Gasteiger partial charge >= 0.3 is 12.6 Å². The number of alkyl halides is 2. The molecule has 1 amide bonds. The van der Waals surface area contributed by atoms with E-state index < -0.39 is 24.6 Å². The third-order valence-electron chi connectivity index (χ3n) is 3.33. The molecule has 0 unspecified atom stereocenters. The van der Waals surface area contributed by atoms with E-state index >= 15 is 0 Å².